The molecule has 114 valence electrons. The highest BCUT2D eigenvalue weighted by molar-refractivity contribution is 8.34. The molecule has 22 heavy (non-hydrogen) atoms. The number of halogens is 3. The maximum atomic E-state index is 12.6. The van der Waals surface area contributed by atoms with Crippen LogP contribution in [-0.2, 0) is 31.6 Å². The van der Waals surface area contributed by atoms with Crippen LogP contribution in [0.25, 0.3) is 5.57 Å². The minimum Gasteiger partial charge on any atom is -0.477 e. The summed E-state index contributed by atoms with van der Waals surface area (Å²) in [6.07, 6.45) is -4.48. The average Bonchev–Trinajstić information content (AvgIpc) is 2.70. The highest BCUT2D eigenvalue weighted by Gasteiger charge is 2.33. The van der Waals surface area contributed by atoms with Crippen LogP contribution in [0.15, 0.2) is 39.6 Å². The summed E-state index contributed by atoms with van der Waals surface area (Å²) in [6, 6.07) is 5.92. The Balaban J connectivity index is 2.65. The summed E-state index contributed by atoms with van der Waals surface area (Å²) in [5.41, 5.74) is -0.375. The zero-order valence-electron chi connectivity index (χ0n) is 11.1. The van der Waals surface area contributed by atoms with Gasteiger partial charge in [0.05, 0.1) is 11.1 Å². The zero-order chi connectivity index (χ0) is 16.7. The van der Waals surface area contributed by atoms with E-state index in [4.69, 9.17) is 11.2 Å². The van der Waals surface area contributed by atoms with Crippen molar-refractivity contribution in [2.24, 2.45) is 0 Å². The van der Waals surface area contributed by atoms with Crippen molar-refractivity contribution in [3.63, 3.8) is 0 Å². The van der Waals surface area contributed by atoms with Crippen LogP contribution in [0.3, 0.4) is 0 Å². The van der Waals surface area contributed by atoms with E-state index >= 15 is 0 Å². The minimum atomic E-state index is -4.48. The Morgan fingerprint density at radius 3 is 2.27 bits per heavy atom. The van der Waals surface area contributed by atoms with E-state index in [9.17, 15) is 28.3 Å². The Morgan fingerprint density at radius 1 is 1.32 bits per heavy atom. The first-order valence-corrected chi connectivity index (χ1v) is 8.01. The molecule has 1 aliphatic heterocycles. The van der Waals surface area contributed by atoms with Gasteiger partial charge in [0, 0.05) is 10.5 Å². The van der Waals surface area contributed by atoms with Gasteiger partial charge >= 0.3 is 12.1 Å². The predicted octanol–water partition coefficient (Wildman–Crippen LogP) is 3.39. The van der Waals surface area contributed by atoms with Crippen LogP contribution >= 0.6 is 0 Å². The third kappa shape index (κ3) is 2.69. The van der Waals surface area contributed by atoms with Gasteiger partial charge in [0.2, 0.25) is 0 Å². The van der Waals surface area contributed by atoms with Crippen LogP contribution in [0.4, 0.5) is 13.2 Å². The summed E-state index contributed by atoms with van der Waals surface area (Å²) in [6.45, 7) is 1.56. The van der Waals surface area contributed by atoms with Crippen molar-refractivity contribution in [3.05, 3.63) is 50.8 Å². The van der Waals surface area contributed by atoms with E-state index in [1.54, 1.807) is 6.92 Å². The normalized spacial score (nSPS) is 18.6. The highest BCUT2D eigenvalue weighted by Crippen LogP contribution is 2.40. The van der Waals surface area contributed by atoms with Crippen LogP contribution < -0.4 is 0 Å². The van der Waals surface area contributed by atoms with Crippen LogP contribution in [0.1, 0.15) is 18.1 Å². The lowest BCUT2D eigenvalue weighted by molar-refractivity contribution is -0.137. The van der Waals surface area contributed by atoms with Crippen molar-refractivity contribution in [2.45, 2.75) is 13.1 Å². The van der Waals surface area contributed by atoms with Gasteiger partial charge in [0.25, 0.3) is 0 Å². The van der Waals surface area contributed by atoms with Crippen LogP contribution in [-0.4, -0.2) is 11.1 Å². The lowest BCUT2D eigenvalue weighted by Gasteiger charge is -2.09. The smallest absolute Gasteiger partial charge is 0.416 e. The largest absolute Gasteiger partial charge is 0.477 e. The van der Waals surface area contributed by atoms with Gasteiger partial charge in [-0.2, -0.15) is 18.4 Å². The summed E-state index contributed by atoms with van der Waals surface area (Å²) in [4.78, 5) is 11.7. The minimum absolute atomic E-state index is 0.111. The topological polar surface area (TPSA) is 61.1 Å². The molecule has 0 amide bonds. The number of hydrogen-bond acceptors (Lipinski definition) is 3. The number of alkyl halides is 3. The lowest BCUT2D eigenvalue weighted by atomic mass is 9.97. The van der Waals surface area contributed by atoms with Crippen molar-refractivity contribution in [3.8, 4) is 6.07 Å². The first-order chi connectivity index (χ1) is 10.2. The molecule has 0 saturated heterocycles. The second-order valence-corrected chi connectivity index (χ2v) is 6.95. The molecular weight excluding hydrogens is 335 g/mol. The van der Waals surface area contributed by atoms with E-state index in [0.717, 1.165) is 24.3 Å². The molecule has 1 aliphatic rings. The zero-order valence-corrected chi connectivity index (χ0v) is 12.7. The van der Waals surface area contributed by atoms with Gasteiger partial charge in [-0.1, -0.05) is 21.6 Å². The second kappa shape index (κ2) is 5.66. The van der Waals surface area contributed by atoms with Crippen molar-refractivity contribution in [1.29, 1.82) is 5.26 Å². The maximum absolute atomic E-state index is 12.6. The van der Waals surface area contributed by atoms with Crippen molar-refractivity contribution in [1.82, 2.24) is 0 Å². The first-order valence-electron chi connectivity index (χ1n) is 5.86. The Labute approximate surface area is 131 Å². The molecule has 0 radical (unpaired) electrons. The van der Waals surface area contributed by atoms with E-state index in [1.165, 1.54) is 0 Å². The number of allylic oxidation sites excluding steroid dienone is 3. The quantitative estimate of drug-likeness (QED) is 0.894. The molecule has 0 aliphatic carbocycles. The van der Waals surface area contributed by atoms with Gasteiger partial charge in [-0.3, -0.25) is 0 Å². The molecule has 0 saturated carbocycles. The summed E-state index contributed by atoms with van der Waals surface area (Å²) in [5.74, 6) is -1.27. The SMILES string of the molecule is CC1=C(C#N)C(c2ccc(C(F)(F)F)cc2)=C(C(=O)O)S1=S. The van der Waals surface area contributed by atoms with Crippen molar-refractivity contribution in [2.75, 3.05) is 0 Å². The molecule has 1 aromatic carbocycles. The highest BCUT2D eigenvalue weighted by atomic mass is 32.8. The molecule has 1 N–H and O–H groups in total. The van der Waals surface area contributed by atoms with Gasteiger partial charge < -0.3 is 5.11 Å². The molecule has 0 aromatic heterocycles. The number of carbonyl (C=O) groups is 1. The molecule has 0 bridgehead atoms. The second-order valence-electron chi connectivity index (χ2n) is 4.40. The van der Waals surface area contributed by atoms with Crippen LogP contribution in [0.5, 0.6) is 0 Å². The van der Waals surface area contributed by atoms with E-state index in [0.29, 0.717) is 4.91 Å². The molecule has 0 spiro atoms. The molecular formula is C14H8F3NO2S2. The van der Waals surface area contributed by atoms with Crippen molar-refractivity contribution >= 4 is 32.2 Å². The Morgan fingerprint density at radius 2 is 1.86 bits per heavy atom. The number of carboxylic acid groups (broad SMARTS) is 1. The number of hydrogen-bond donors (Lipinski definition) is 1. The monoisotopic (exact) mass is 343 g/mol. The predicted molar refractivity (Wildman–Crippen MR) is 79.0 cm³/mol. The summed E-state index contributed by atoms with van der Waals surface area (Å²) in [5, 5.41) is 18.5. The Kier molecular flexibility index (Phi) is 4.22. The van der Waals surface area contributed by atoms with E-state index in [1.807, 2.05) is 6.07 Å². The maximum Gasteiger partial charge on any atom is 0.416 e. The molecule has 1 aromatic rings. The Hall–Kier alpha value is -1.98. The number of rotatable bonds is 2. The van der Waals surface area contributed by atoms with Crippen LogP contribution in [0.2, 0.25) is 0 Å². The number of carboxylic acids is 1. The molecule has 3 nitrogen and oxygen atoms in total. The standard InChI is InChI=1S/C14H8F3NO2S2/c1-7-10(6-18)11(12(13(19)20)22(7)21)8-2-4-9(5-3-8)14(15,16)17/h2-5H,1H3,(H,19,20). The number of aliphatic carboxylic acids is 1. The summed E-state index contributed by atoms with van der Waals surface area (Å²) < 4.78 is 37.8. The molecule has 1 heterocycles. The summed E-state index contributed by atoms with van der Waals surface area (Å²) in [7, 11) is -1.17. The van der Waals surface area contributed by atoms with E-state index in [-0.39, 0.29) is 21.6 Å². The summed E-state index contributed by atoms with van der Waals surface area (Å²) >= 11 is 5.13. The third-order valence-corrected chi connectivity index (χ3v) is 5.86. The Bertz CT molecular complexity index is 784. The molecule has 8 heteroatoms. The van der Waals surface area contributed by atoms with Gasteiger partial charge in [-0.05, 0) is 35.8 Å². The van der Waals surface area contributed by atoms with Crippen molar-refractivity contribution < 1.29 is 23.1 Å². The fourth-order valence-corrected chi connectivity index (χ4v) is 3.97. The first kappa shape index (κ1) is 16.4. The van der Waals surface area contributed by atoms with Gasteiger partial charge in [0.15, 0.2) is 0 Å². The van der Waals surface area contributed by atoms with Gasteiger partial charge in [-0.25, -0.2) is 4.79 Å². The molecule has 1 unspecified atom stereocenters. The number of benzene rings is 1. The fourth-order valence-electron chi connectivity index (χ4n) is 2.05. The van der Waals surface area contributed by atoms with Crippen LogP contribution in [0, 0.1) is 11.3 Å². The molecule has 2 rings (SSSR count). The molecule has 1 atom stereocenters. The fraction of sp³-hybridized carbons (Fsp3) is 0.143. The van der Waals surface area contributed by atoms with Gasteiger partial charge in [0.1, 0.15) is 11.0 Å². The average molecular weight is 343 g/mol. The van der Waals surface area contributed by atoms with E-state index < -0.39 is 27.2 Å². The lowest BCUT2D eigenvalue weighted by Crippen LogP contribution is -2.06. The number of nitrogens with zero attached hydrogens (tertiary/aromatic N) is 1. The molecule has 0 fully saturated rings. The third-order valence-electron chi connectivity index (χ3n) is 3.10. The van der Waals surface area contributed by atoms with Gasteiger partial charge in [-0.15, -0.1) is 0 Å². The number of nitriles is 1. The van der Waals surface area contributed by atoms with E-state index in [2.05, 4.69) is 0 Å².